The van der Waals surface area contributed by atoms with Crippen LogP contribution in [0.15, 0.2) is 16.7 Å². The van der Waals surface area contributed by atoms with E-state index in [9.17, 15) is 0 Å². The Morgan fingerprint density at radius 3 is 3.06 bits per heavy atom. The summed E-state index contributed by atoms with van der Waals surface area (Å²) < 4.78 is 5.90. The van der Waals surface area contributed by atoms with E-state index in [4.69, 9.17) is 10.2 Å². The summed E-state index contributed by atoms with van der Waals surface area (Å²) in [6.45, 7) is 0.645. The molecule has 84 valence electrons. The average molecular weight is 216 g/mol. The van der Waals surface area contributed by atoms with Gasteiger partial charge in [-0.25, -0.2) is 0 Å². The van der Waals surface area contributed by atoms with Crippen molar-refractivity contribution >= 4 is 11.0 Å². The summed E-state index contributed by atoms with van der Waals surface area (Å²) in [7, 11) is 0. The summed E-state index contributed by atoms with van der Waals surface area (Å²) in [6.07, 6.45) is 7.37. The van der Waals surface area contributed by atoms with Gasteiger partial charge in [0.25, 0.3) is 0 Å². The Bertz CT molecular complexity index is 516. The Morgan fingerprint density at radius 1 is 1.31 bits per heavy atom. The van der Waals surface area contributed by atoms with Crippen LogP contribution in [0.3, 0.4) is 0 Å². The number of nitrogens with zero attached hydrogens (tertiary/aromatic N) is 1. The van der Waals surface area contributed by atoms with Gasteiger partial charge in [0.15, 0.2) is 0 Å². The maximum Gasteiger partial charge on any atom is 0.137 e. The fraction of sp³-hybridized carbons (Fsp3) is 0.462. The monoisotopic (exact) mass is 216 g/mol. The predicted molar refractivity (Wildman–Crippen MR) is 63.4 cm³/mol. The molecule has 2 aromatic rings. The standard InChI is InChI=1S/C13H16N2O/c14-7-5-10-13-9-3-1-2-4-11(9)16-12(13)6-8-15-10/h6,8H,1-5,7,14H2. The van der Waals surface area contributed by atoms with Gasteiger partial charge in [-0.2, -0.15) is 0 Å². The van der Waals surface area contributed by atoms with Crippen LogP contribution in [0.2, 0.25) is 0 Å². The second-order valence-corrected chi connectivity index (χ2v) is 4.38. The second-order valence-electron chi connectivity index (χ2n) is 4.38. The summed E-state index contributed by atoms with van der Waals surface area (Å²) in [5, 5.41) is 1.24. The zero-order valence-corrected chi connectivity index (χ0v) is 9.33. The van der Waals surface area contributed by atoms with E-state index in [-0.39, 0.29) is 0 Å². The van der Waals surface area contributed by atoms with Crippen LogP contribution in [0.4, 0.5) is 0 Å². The van der Waals surface area contributed by atoms with E-state index in [0.29, 0.717) is 6.54 Å². The number of rotatable bonds is 2. The minimum absolute atomic E-state index is 0.645. The average Bonchev–Trinajstić information content (AvgIpc) is 2.68. The van der Waals surface area contributed by atoms with Crippen molar-refractivity contribution in [1.82, 2.24) is 4.98 Å². The molecule has 2 aromatic heterocycles. The van der Waals surface area contributed by atoms with Crippen molar-refractivity contribution in [3.63, 3.8) is 0 Å². The van der Waals surface area contributed by atoms with Gasteiger partial charge in [-0.1, -0.05) is 0 Å². The fourth-order valence-corrected chi connectivity index (χ4v) is 2.61. The molecule has 3 nitrogen and oxygen atoms in total. The van der Waals surface area contributed by atoms with Crippen molar-refractivity contribution in [1.29, 1.82) is 0 Å². The summed E-state index contributed by atoms with van der Waals surface area (Å²) in [5.74, 6) is 1.17. The highest BCUT2D eigenvalue weighted by Crippen LogP contribution is 2.33. The number of hydrogen-bond acceptors (Lipinski definition) is 3. The highest BCUT2D eigenvalue weighted by molar-refractivity contribution is 5.84. The maximum atomic E-state index is 5.90. The van der Waals surface area contributed by atoms with Crippen molar-refractivity contribution in [3.05, 3.63) is 29.3 Å². The van der Waals surface area contributed by atoms with E-state index in [1.807, 2.05) is 12.3 Å². The Labute approximate surface area is 94.7 Å². The highest BCUT2D eigenvalue weighted by atomic mass is 16.3. The van der Waals surface area contributed by atoms with Crippen molar-refractivity contribution in [2.45, 2.75) is 32.1 Å². The van der Waals surface area contributed by atoms with Crippen LogP contribution >= 0.6 is 0 Å². The van der Waals surface area contributed by atoms with Crippen molar-refractivity contribution < 1.29 is 4.42 Å². The minimum atomic E-state index is 0.645. The minimum Gasteiger partial charge on any atom is -0.461 e. The molecule has 2 N–H and O–H groups in total. The fourth-order valence-electron chi connectivity index (χ4n) is 2.61. The smallest absolute Gasteiger partial charge is 0.137 e. The first-order valence-corrected chi connectivity index (χ1v) is 5.98. The van der Waals surface area contributed by atoms with E-state index in [1.165, 1.54) is 29.6 Å². The van der Waals surface area contributed by atoms with Gasteiger partial charge in [0, 0.05) is 30.0 Å². The summed E-state index contributed by atoms with van der Waals surface area (Å²) in [4.78, 5) is 4.44. The van der Waals surface area contributed by atoms with Gasteiger partial charge >= 0.3 is 0 Å². The number of pyridine rings is 1. The molecule has 0 aromatic carbocycles. The molecule has 16 heavy (non-hydrogen) atoms. The number of hydrogen-bond donors (Lipinski definition) is 1. The molecule has 0 fully saturated rings. The van der Waals surface area contributed by atoms with Crippen LogP contribution in [-0.2, 0) is 19.3 Å². The lowest BCUT2D eigenvalue weighted by atomic mass is 9.95. The maximum absolute atomic E-state index is 5.90. The van der Waals surface area contributed by atoms with E-state index in [1.54, 1.807) is 0 Å². The van der Waals surface area contributed by atoms with Gasteiger partial charge in [0.1, 0.15) is 11.3 Å². The zero-order valence-electron chi connectivity index (χ0n) is 9.33. The zero-order chi connectivity index (χ0) is 11.0. The van der Waals surface area contributed by atoms with Gasteiger partial charge in [0.05, 0.1) is 5.69 Å². The number of furan rings is 1. The van der Waals surface area contributed by atoms with E-state index >= 15 is 0 Å². The van der Waals surface area contributed by atoms with Gasteiger partial charge in [-0.15, -0.1) is 0 Å². The van der Waals surface area contributed by atoms with Gasteiger partial charge in [-0.05, 0) is 31.9 Å². The third kappa shape index (κ3) is 1.43. The van der Waals surface area contributed by atoms with E-state index in [2.05, 4.69) is 4.98 Å². The molecule has 0 bridgehead atoms. The molecule has 3 rings (SSSR count). The first kappa shape index (κ1) is 9.85. The van der Waals surface area contributed by atoms with Crippen molar-refractivity contribution in [2.75, 3.05) is 6.54 Å². The molecule has 0 spiro atoms. The molecule has 0 radical (unpaired) electrons. The van der Waals surface area contributed by atoms with Crippen LogP contribution in [0.1, 0.15) is 29.9 Å². The van der Waals surface area contributed by atoms with Crippen LogP contribution in [-0.4, -0.2) is 11.5 Å². The van der Waals surface area contributed by atoms with E-state index in [0.717, 1.165) is 30.5 Å². The molecule has 0 saturated heterocycles. The van der Waals surface area contributed by atoms with Crippen molar-refractivity contribution in [2.24, 2.45) is 5.73 Å². The first-order valence-electron chi connectivity index (χ1n) is 5.98. The molecule has 0 saturated carbocycles. The Hall–Kier alpha value is -1.35. The topological polar surface area (TPSA) is 52.0 Å². The largest absolute Gasteiger partial charge is 0.461 e. The molecule has 3 heteroatoms. The van der Waals surface area contributed by atoms with E-state index < -0.39 is 0 Å². The molecule has 1 aliphatic rings. The molecule has 0 unspecified atom stereocenters. The van der Waals surface area contributed by atoms with Gasteiger partial charge in [0.2, 0.25) is 0 Å². The van der Waals surface area contributed by atoms with Crippen LogP contribution in [0.25, 0.3) is 11.0 Å². The lowest BCUT2D eigenvalue weighted by molar-refractivity contribution is 0.506. The highest BCUT2D eigenvalue weighted by Gasteiger charge is 2.19. The summed E-state index contributed by atoms with van der Waals surface area (Å²) in [5.41, 5.74) is 9.11. The third-order valence-corrected chi connectivity index (χ3v) is 3.32. The number of aromatic nitrogens is 1. The quantitative estimate of drug-likeness (QED) is 0.837. The molecule has 0 atom stereocenters. The second kappa shape index (κ2) is 3.91. The van der Waals surface area contributed by atoms with Crippen LogP contribution in [0, 0.1) is 0 Å². The first-order chi connectivity index (χ1) is 7.90. The molecule has 1 aliphatic carbocycles. The third-order valence-electron chi connectivity index (χ3n) is 3.32. The molecule has 2 heterocycles. The number of nitrogens with two attached hydrogens (primary N) is 1. The molecular formula is C13H16N2O. The Balaban J connectivity index is 2.23. The molecule has 0 aliphatic heterocycles. The van der Waals surface area contributed by atoms with Crippen molar-refractivity contribution in [3.8, 4) is 0 Å². The lowest BCUT2D eigenvalue weighted by Crippen LogP contribution is -2.06. The van der Waals surface area contributed by atoms with Crippen LogP contribution in [0.5, 0.6) is 0 Å². The molecule has 0 amide bonds. The van der Waals surface area contributed by atoms with Gasteiger partial charge < -0.3 is 10.2 Å². The Kier molecular flexibility index (Phi) is 2.40. The summed E-state index contributed by atoms with van der Waals surface area (Å²) >= 11 is 0. The van der Waals surface area contributed by atoms with Gasteiger partial charge in [-0.3, -0.25) is 4.98 Å². The van der Waals surface area contributed by atoms with Crippen LogP contribution < -0.4 is 5.73 Å². The number of aryl methyl sites for hydroxylation is 2. The summed E-state index contributed by atoms with van der Waals surface area (Å²) in [6, 6.07) is 1.97. The lowest BCUT2D eigenvalue weighted by Gasteiger charge is -2.09. The normalized spacial score (nSPS) is 15.3. The number of fused-ring (bicyclic) bond motifs is 3. The molecular weight excluding hydrogens is 200 g/mol. The predicted octanol–water partition coefficient (Wildman–Crippen LogP) is 2.21. The SMILES string of the molecule is NCCc1nccc2oc3c(c12)CCCC3. The Morgan fingerprint density at radius 2 is 2.19 bits per heavy atom.